The number of nitrogens with two attached hydrogens (primary N) is 1. The van der Waals surface area contributed by atoms with Crippen molar-refractivity contribution in [2.45, 2.75) is 6.04 Å². The topological polar surface area (TPSA) is 26.0 Å². The molecule has 0 amide bonds. The maximum atomic E-state index is 6.20. The van der Waals surface area contributed by atoms with Gasteiger partial charge in [-0.1, -0.05) is 69.6 Å². The van der Waals surface area contributed by atoms with E-state index in [9.17, 15) is 0 Å². The van der Waals surface area contributed by atoms with E-state index in [2.05, 4.69) is 0 Å². The van der Waals surface area contributed by atoms with Gasteiger partial charge in [0.25, 0.3) is 0 Å². The Morgan fingerprint density at radius 2 is 0.850 bits per heavy atom. The third-order valence-electron chi connectivity index (χ3n) is 2.71. The van der Waals surface area contributed by atoms with Crippen molar-refractivity contribution in [2.75, 3.05) is 0 Å². The van der Waals surface area contributed by atoms with Crippen LogP contribution in [0.4, 0.5) is 0 Å². The molecule has 2 N–H and O–H groups in total. The summed E-state index contributed by atoms with van der Waals surface area (Å²) in [6.07, 6.45) is 0. The van der Waals surface area contributed by atoms with Crippen LogP contribution in [-0.2, 0) is 0 Å². The Hall–Kier alpha value is 0.140. The van der Waals surface area contributed by atoms with Crippen molar-refractivity contribution in [3.63, 3.8) is 0 Å². The minimum atomic E-state index is -0.690. The van der Waals surface area contributed by atoms with E-state index in [1.807, 2.05) is 0 Å². The number of benzene rings is 2. The second-order valence-corrected chi connectivity index (χ2v) is 6.55. The molecule has 0 aliphatic heterocycles. The van der Waals surface area contributed by atoms with Crippen molar-refractivity contribution >= 4 is 69.6 Å². The molecule has 106 valence electrons. The zero-order chi connectivity index (χ0) is 15.0. The maximum absolute atomic E-state index is 6.20. The van der Waals surface area contributed by atoms with Crippen molar-refractivity contribution < 1.29 is 0 Å². The molecule has 0 bridgehead atoms. The smallest absolute Gasteiger partial charge is 0.0611 e. The summed E-state index contributed by atoms with van der Waals surface area (Å²) in [6, 6.07) is 5.54. The van der Waals surface area contributed by atoms with Gasteiger partial charge in [0.1, 0.15) is 0 Å². The third-order valence-corrected chi connectivity index (χ3v) is 4.40. The molecule has 0 spiro atoms. The van der Waals surface area contributed by atoms with Crippen LogP contribution in [0.3, 0.4) is 0 Å². The predicted molar refractivity (Wildman–Crippen MR) is 89.0 cm³/mol. The summed E-state index contributed by atoms with van der Waals surface area (Å²) in [6.45, 7) is 0. The van der Waals surface area contributed by atoms with E-state index in [4.69, 9.17) is 75.3 Å². The molecule has 1 nitrogen and oxygen atoms in total. The van der Waals surface area contributed by atoms with E-state index in [0.29, 0.717) is 41.3 Å². The van der Waals surface area contributed by atoms with Crippen molar-refractivity contribution in [3.8, 4) is 0 Å². The van der Waals surface area contributed by atoms with Crippen LogP contribution < -0.4 is 5.73 Å². The van der Waals surface area contributed by atoms with E-state index in [1.54, 1.807) is 24.3 Å². The molecule has 0 saturated carbocycles. The number of halogens is 6. The molecular formula is C13H7Cl6N. The average Bonchev–Trinajstić information content (AvgIpc) is 2.25. The summed E-state index contributed by atoms with van der Waals surface area (Å²) >= 11 is 36.4. The van der Waals surface area contributed by atoms with Crippen molar-refractivity contribution in [3.05, 3.63) is 65.5 Å². The molecule has 20 heavy (non-hydrogen) atoms. The number of hydrogen-bond donors (Lipinski definition) is 1. The van der Waals surface area contributed by atoms with Gasteiger partial charge >= 0.3 is 0 Å². The van der Waals surface area contributed by atoms with Gasteiger partial charge in [0.15, 0.2) is 0 Å². The zero-order valence-corrected chi connectivity index (χ0v) is 14.3. The highest BCUT2D eigenvalue weighted by Crippen LogP contribution is 2.40. The number of rotatable bonds is 2. The Balaban J connectivity index is 2.61. The highest BCUT2D eigenvalue weighted by molar-refractivity contribution is 6.41. The average molecular weight is 390 g/mol. The van der Waals surface area contributed by atoms with Crippen LogP contribution in [0.15, 0.2) is 24.3 Å². The van der Waals surface area contributed by atoms with E-state index in [-0.39, 0.29) is 0 Å². The highest BCUT2D eigenvalue weighted by atomic mass is 35.5. The van der Waals surface area contributed by atoms with E-state index >= 15 is 0 Å². The molecule has 0 fully saturated rings. The van der Waals surface area contributed by atoms with Crippen LogP contribution >= 0.6 is 69.6 Å². The largest absolute Gasteiger partial charge is 0.320 e. The summed E-state index contributed by atoms with van der Waals surface area (Å²) in [5.74, 6) is 0. The molecule has 0 atom stereocenters. The number of hydrogen-bond acceptors (Lipinski definition) is 1. The third kappa shape index (κ3) is 3.31. The molecule has 0 saturated heterocycles. The maximum Gasteiger partial charge on any atom is 0.0611 e. The van der Waals surface area contributed by atoms with Gasteiger partial charge in [-0.25, -0.2) is 0 Å². The lowest BCUT2D eigenvalue weighted by molar-refractivity contribution is 0.872. The quantitative estimate of drug-likeness (QED) is 0.610. The Morgan fingerprint density at radius 1 is 0.600 bits per heavy atom. The Bertz CT molecular complexity index is 566. The van der Waals surface area contributed by atoms with E-state index in [1.165, 1.54) is 0 Å². The zero-order valence-electron chi connectivity index (χ0n) is 9.73. The summed E-state index contributed by atoms with van der Waals surface area (Å²) in [7, 11) is 0. The van der Waals surface area contributed by atoms with Crippen molar-refractivity contribution in [1.29, 1.82) is 0 Å². The first kappa shape index (κ1) is 16.5. The molecule has 0 unspecified atom stereocenters. The summed E-state index contributed by atoms with van der Waals surface area (Å²) in [5.41, 5.74) is 7.20. The fourth-order valence-electron chi connectivity index (χ4n) is 1.85. The normalized spacial score (nSPS) is 11.2. The van der Waals surface area contributed by atoms with Gasteiger partial charge in [-0.2, -0.15) is 0 Å². The van der Waals surface area contributed by atoms with Crippen LogP contribution in [0.1, 0.15) is 17.2 Å². The molecule has 7 heteroatoms. The van der Waals surface area contributed by atoms with E-state index in [0.717, 1.165) is 0 Å². The molecular weight excluding hydrogens is 383 g/mol. The second-order valence-electron chi connectivity index (χ2n) is 4.04. The van der Waals surface area contributed by atoms with Gasteiger partial charge in [0, 0.05) is 41.3 Å². The lowest BCUT2D eigenvalue weighted by Gasteiger charge is -2.19. The van der Waals surface area contributed by atoms with E-state index < -0.39 is 6.04 Å². The first-order valence-corrected chi connectivity index (χ1v) is 7.62. The SMILES string of the molecule is NC(c1c(Cl)cc(Cl)cc1Cl)c1c(Cl)cc(Cl)cc1Cl. The van der Waals surface area contributed by atoms with Crippen LogP contribution in [0.5, 0.6) is 0 Å². The first-order valence-electron chi connectivity index (χ1n) is 5.35. The van der Waals surface area contributed by atoms with Gasteiger partial charge in [-0.3, -0.25) is 0 Å². The summed E-state index contributed by atoms with van der Waals surface area (Å²) in [4.78, 5) is 0. The van der Waals surface area contributed by atoms with Crippen LogP contribution in [0.25, 0.3) is 0 Å². The fraction of sp³-hybridized carbons (Fsp3) is 0.0769. The van der Waals surface area contributed by atoms with Crippen LogP contribution in [0, 0.1) is 0 Å². The molecule has 0 aliphatic carbocycles. The van der Waals surface area contributed by atoms with Crippen molar-refractivity contribution in [2.24, 2.45) is 5.73 Å². The Labute approximate surface area is 146 Å². The minimum Gasteiger partial charge on any atom is -0.320 e. The van der Waals surface area contributed by atoms with Crippen molar-refractivity contribution in [1.82, 2.24) is 0 Å². The summed E-state index contributed by atoms with van der Waals surface area (Å²) in [5, 5.41) is 2.22. The van der Waals surface area contributed by atoms with Gasteiger partial charge in [0.2, 0.25) is 0 Å². The highest BCUT2D eigenvalue weighted by Gasteiger charge is 2.22. The molecule has 2 aromatic rings. The van der Waals surface area contributed by atoms with Crippen LogP contribution in [0.2, 0.25) is 30.1 Å². The molecule has 0 radical (unpaired) electrons. The molecule has 2 aromatic carbocycles. The molecule has 0 aliphatic rings. The fourth-order valence-corrected chi connectivity index (χ4v) is 3.95. The van der Waals surface area contributed by atoms with Gasteiger partial charge in [-0.05, 0) is 24.3 Å². The lowest BCUT2D eigenvalue weighted by atomic mass is 9.99. The first-order chi connectivity index (χ1) is 9.31. The van der Waals surface area contributed by atoms with Gasteiger partial charge < -0.3 is 5.73 Å². The lowest BCUT2D eigenvalue weighted by Crippen LogP contribution is -2.14. The standard InChI is InChI=1S/C13H7Cl6N/c14-5-1-7(16)11(8(17)2-5)13(20)12-9(18)3-6(15)4-10(12)19/h1-4,13H,20H2. The van der Waals surface area contributed by atoms with Crippen LogP contribution in [-0.4, -0.2) is 0 Å². The Kier molecular flexibility index (Phi) is 5.36. The molecule has 0 aromatic heterocycles. The molecule has 2 rings (SSSR count). The summed E-state index contributed by atoms with van der Waals surface area (Å²) < 4.78 is 0. The minimum absolute atomic E-state index is 0.345. The molecule has 0 heterocycles. The predicted octanol–water partition coefficient (Wildman–Crippen LogP) is 6.66. The van der Waals surface area contributed by atoms with Gasteiger partial charge in [0.05, 0.1) is 6.04 Å². The Morgan fingerprint density at radius 3 is 1.10 bits per heavy atom. The van der Waals surface area contributed by atoms with Gasteiger partial charge in [-0.15, -0.1) is 0 Å². The second kappa shape index (κ2) is 6.50. The monoisotopic (exact) mass is 387 g/mol.